The van der Waals surface area contributed by atoms with Crippen molar-refractivity contribution >= 4 is 23.0 Å². The van der Waals surface area contributed by atoms with Gasteiger partial charge in [0.2, 0.25) is 0 Å². The third-order valence-corrected chi connectivity index (χ3v) is 4.70. The first-order valence-electron chi connectivity index (χ1n) is 6.83. The summed E-state index contributed by atoms with van der Waals surface area (Å²) in [6.45, 7) is 6.23. The molecule has 0 atom stereocenters. The predicted molar refractivity (Wildman–Crippen MR) is 82.5 cm³/mol. The Bertz CT molecular complexity index is 723. The largest absolute Gasteiger partial charge is 0.346 e. The summed E-state index contributed by atoms with van der Waals surface area (Å²) >= 11 is 1.53. The third-order valence-electron chi connectivity index (χ3n) is 3.71. The Hall–Kier alpha value is -1.86. The van der Waals surface area contributed by atoms with Crippen LogP contribution in [0.3, 0.4) is 0 Å². The Morgan fingerprint density at radius 2 is 2.20 bits per heavy atom. The second-order valence-corrected chi connectivity index (χ2v) is 6.25. The highest BCUT2D eigenvalue weighted by Crippen LogP contribution is 2.39. The SMILES string of the molecule is Cc1csc(C(C#N)=Cc2cc(C)n(C3CC3)c2C)n1. The molecule has 0 aromatic carbocycles. The highest BCUT2D eigenvalue weighted by Gasteiger charge is 2.26. The average molecular weight is 283 g/mol. The standard InChI is InChI=1S/C16H17N3S/c1-10-9-20-16(18-10)14(8-17)7-13-6-11(2)19(12(13)3)15-4-5-15/h6-7,9,15H,4-5H2,1-3H3. The average Bonchev–Trinajstić information content (AvgIpc) is 3.09. The summed E-state index contributed by atoms with van der Waals surface area (Å²) in [5.41, 5.74) is 5.29. The third kappa shape index (κ3) is 2.30. The molecule has 3 rings (SSSR count). The summed E-state index contributed by atoms with van der Waals surface area (Å²) in [5, 5.41) is 12.2. The van der Waals surface area contributed by atoms with Crippen molar-refractivity contribution in [2.24, 2.45) is 0 Å². The van der Waals surface area contributed by atoms with Crippen LogP contribution in [0.2, 0.25) is 0 Å². The molecule has 2 aromatic rings. The van der Waals surface area contributed by atoms with E-state index in [1.165, 1.54) is 35.6 Å². The van der Waals surface area contributed by atoms with Crippen molar-refractivity contribution in [2.75, 3.05) is 0 Å². The fourth-order valence-electron chi connectivity index (χ4n) is 2.62. The maximum Gasteiger partial charge on any atom is 0.134 e. The number of aromatic nitrogens is 2. The first-order chi connectivity index (χ1) is 9.60. The van der Waals surface area contributed by atoms with Gasteiger partial charge in [-0.2, -0.15) is 5.26 Å². The quantitative estimate of drug-likeness (QED) is 0.789. The van der Waals surface area contributed by atoms with Crippen LogP contribution in [-0.2, 0) is 0 Å². The Kier molecular flexibility index (Phi) is 3.23. The van der Waals surface area contributed by atoms with E-state index in [1.54, 1.807) is 0 Å². The van der Waals surface area contributed by atoms with Crippen LogP contribution in [0.25, 0.3) is 11.6 Å². The highest BCUT2D eigenvalue weighted by molar-refractivity contribution is 7.11. The molecule has 0 spiro atoms. The number of aryl methyl sites for hydroxylation is 2. The molecular formula is C16H17N3S. The van der Waals surface area contributed by atoms with E-state index in [4.69, 9.17) is 0 Å². The van der Waals surface area contributed by atoms with Gasteiger partial charge < -0.3 is 4.57 Å². The summed E-state index contributed by atoms with van der Waals surface area (Å²) in [6.07, 6.45) is 4.52. The van der Waals surface area contributed by atoms with Crippen molar-refractivity contribution in [3.05, 3.63) is 39.1 Å². The summed E-state index contributed by atoms with van der Waals surface area (Å²) in [5.74, 6) is 0. The van der Waals surface area contributed by atoms with E-state index in [0.29, 0.717) is 11.6 Å². The van der Waals surface area contributed by atoms with E-state index in [0.717, 1.165) is 16.3 Å². The van der Waals surface area contributed by atoms with Gasteiger partial charge in [-0.3, -0.25) is 0 Å². The lowest BCUT2D eigenvalue weighted by Crippen LogP contribution is -1.98. The van der Waals surface area contributed by atoms with Gasteiger partial charge in [-0.05, 0) is 51.3 Å². The van der Waals surface area contributed by atoms with Crippen LogP contribution in [0.4, 0.5) is 0 Å². The van der Waals surface area contributed by atoms with Crippen molar-refractivity contribution in [3.8, 4) is 6.07 Å². The molecular weight excluding hydrogens is 266 g/mol. The van der Waals surface area contributed by atoms with Gasteiger partial charge in [0.25, 0.3) is 0 Å². The molecule has 3 nitrogen and oxygen atoms in total. The fourth-order valence-corrected chi connectivity index (χ4v) is 3.38. The number of hydrogen-bond donors (Lipinski definition) is 0. The van der Waals surface area contributed by atoms with Crippen LogP contribution in [-0.4, -0.2) is 9.55 Å². The van der Waals surface area contributed by atoms with E-state index < -0.39 is 0 Å². The number of thiazole rings is 1. The van der Waals surface area contributed by atoms with Gasteiger partial charge in [-0.1, -0.05) is 0 Å². The molecule has 20 heavy (non-hydrogen) atoms. The molecule has 0 aliphatic heterocycles. The maximum absolute atomic E-state index is 9.38. The molecule has 2 heterocycles. The molecule has 2 aromatic heterocycles. The van der Waals surface area contributed by atoms with Crippen LogP contribution < -0.4 is 0 Å². The van der Waals surface area contributed by atoms with Crippen molar-refractivity contribution in [2.45, 2.75) is 39.7 Å². The fraction of sp³-hybridized carbons (Fsp3) is 0.375. The zero-order chi connectivity index (χ0) is 14.3. The molecule has 1 fully saturated rings. The second-order valence-electron chi connectivity index (χ2n) is 5.39. The number of hydrogen-bond acceptors (Lipinski definition) is 3. The minimum Gasteiger partial charge on any atom is -0.346 e. The maximum atomic E-state index is 9.38. The Balaban J connectivity index is 2.02. The van der Waals surface area contributed by atoms with Gasteiger partial charge >= 0.3 is 0 Å². The molecule has 0 radical (unpaired) electrons. The number of nitrogens with zero attached hydrogens (tertiary/aromatic N) is 3. The van der Waals surface area contributed by atoms with E-state index in [2.05, 4.69) is 35.5 Å². The lowest BCUT2D eigenvalue weighted by molar-refractivity contribution is 0.699. The Morgan fingerprint density at radius 3 is 2.75 bits per heavy atom. The molecule has 0 saturated heterocycles. The van der Waals surface area contributed by atoms with Gasteiger partial charge in [-0.15, -0.1) is 11.3 Å². The van der Waals surface area contributed by atoms with Gasteiger partial charge in [0, 0.05) is 28.5 Å². The lowest BCUT2D eigenvalue weighted by Gasteiger charge is -2.06. The Labute approximate surface area is 123 Å². The van der Waals surface area contributed by atoms with Crippen LogP contribution >= 0.6 is 11.3 Å². The number of rotatable bonds is 3. The zero-order valence-electron chi connectivity index (χ0n) is 12.0. The van der Waals surface area contributed by atoms with E-state index in [9.17, 15) is 5.26 Å². The zero-order valence-corrected chi connectivity index (χ0v) is 12.8. The van der Waals surface area contributed by atoms with Gasteiger partial charge in [-0.25, -0.2) is 4.98 Å². The van der Waals surface area contributed by atoms with E-state index in [-0.39, 0.29) is 0 Å². The summed E-state index contributed by atoms with van der Waals surface area (Å²) in [7, 11) is 0. The minimum absolute atomic E-state index is 0.652. The number of nitriles is 1. The molecule has 0 amide bonds. The van der Waals surface area contributed by atoms with Crippen LogP contribution in [0, 0.1) is 32.1 Å². The smallest absolute Gasteiger partial charge is 0.134 e. The van der Waals surface area contributed by atoms with Gasteiger partial charge in [0.15, 0.2) is 0 Å². The summed E-state index contributed by atoms with van der Waals surface area (Å²) < 4.78 is 2.40. The van der Waals surface area contributed by atoms with Crippen LogP contribution in [0.1, 0.15) is 46.5 Å². The van der Waals surface area contributed by atoms with Crippen molar-refractivity contribution in [3.63, 3.8) is 0 Å². The first-order valence-corrected chi connectivity index (χ1v) is 7.71. The molecule has 1 aliphatic rings. The molecule has 102 valence electrons. The monoisotopic (exact) mass is 283 g/mol. The van der Waals surface area contributed by atoms with Crippen LogP contribution in [0.5, 0.6) is 0 Å². The lowest BCUT2D eigenvalue weighted by atomic mass is 10.1. The highest BCUT2D eigenvalue weighted by atomic mass is 32.1. The first kappa shape index (κ1) is 13.1. The Morgan fingerprint density at radius 1 is 1.45 bits per heavy atom. The molecule has 0 unspecified atom stereocenters. The summed E-state index contributed by atoms with van der Waals surface area (Å²) in [4.78, 5) is 4.41. The molecule has 0 bridgehead atoms. The van der Waals surface area contributed by atoms with E-state index in [1.807, 2.05) is 18.4 Å². The second kappa shape index (κ2) is 4.92. The summed E-state index contributed by atoms with van der Waals surface area (Å²) in [6, 6.07) is 5.12. The molecule has 1 saturated carbocycles. The van der Waals surface area contributed by atoms with Gasteiger partial charge in [0.05, 0.1) is 5.57 Å². The molecule has 1 aliphatic carbocycles. The van der Waals surface area contributed by atoms with Crippen molar-refractivity contribution in [1.29, 1.82) is 5.26 Å². The molecule has 4 heteroatoms. The minimum atomic E-state index is 0.652. The van der Waals surface area contributed by atoms with Crippen LogP contribution in [0.15, 0.2) is 11.4 Å². The predicted octanol–water partition coefficient (Wildman–Crippen LogP) is 4.27. The van der Waals surface area contributed by atoms with Crippen molar-refractivity contribution < 1.29 is 0 Å². The normalized spacial score (nSPS) is 15.4. The number of allylic oxidation sites excluding steroid dienone is 1. The van der Waals surface area contributed by atoms with E-state index >= 15 is 0 Å². The topological polar surface area (TPSA) is 41.6 Å². The van der Waals surface area contributed by atoms with Gasteiger partial charge in [0.1, 0.15) is 11.1 Å². The molecule has 0 N–H and O–H groups in total. The van der Waals surface area contributed by atoms with Crippen molar-refractivity contribution in [1.82, 2.24) is 9.55 Å².